The Hall–Kier alpha value is -2.56. The van der Waals surface area contributed by atoms with Gasteiger partial charge in [-0.2, -0.15) is 13.2 Å². The van der Waals surface area contributed by atoms with Crippen molar-refractivity contribution in [3.05, 3.63) is 71.8 Å². The standard InChI is InChI=1S/C22H17ClF3N3O2S2/c1-13(2)32-14-8-9-16-17(20-18(22(24,25)26)11-27-21(23)28-20)12-29(19(16)10-14)33(30,31)15-6-4-3-5-7-15/h3-13H,1-2H3. The lowest BCUT2D eigenvalue weighted by Gasteiger charge is -2.11. The quantitative estimate of drug-likeness (QED) is 0.226. The molecule has 0 saturated carbocycles. The van der Waals surface area contributed by atoms with Gasteiger partial charge in [-0.1, -0.05) is 38.1 Å². The number of fused-ring (bicyclic) bond motifs is 1. The maximum Gasteiger partial charge on any atom is 0.419 e. The number of aromatic nitrogens is 3. The molecule has 0 N–H and O–H groups in total. The molecule has 0 aliphatic rings. The van der Waals surface area contributed by atoms with Crippen LogP contribution < -0.4 is 0 Å². The highest BCUT2D eigenvalue weighted by Gasteiger charge is 2.36. The maximum absolute atomic E-state index is 13.7. The van der Waals surface area contributed by atoms with Gasteiger partial charge in [-0.25, -0.2) is 22.4 Å². The SMILES string of the molecule is CC(C)Sc1ccc2c(-c3nc(Cl)ncc3C(F)(F)F)cn(S(=O)(=O)c3ccccc3)c2c1. The summed E-state index contributed by atoms with van der Waals surface area (Å²) < 4.78 is 69.1. The first kappa shape index (κ1) is 23.6. The van der Waals surface area contributed by atoms with Gasteiger partial charge >= 0.3 is 6.18 Å². The zero-order chi connectivity index (χ0) is 24.0. The van der Waals surface area contributed by atoms with E-state index in [0.717, 1.165) is 15.1 Å². The summed E-state index contributed by atoms with van der Waals surface area (Å²) in [7, 11) is -4.11. The summed E-state index contributed by atoms with van der Waals surface area (Å²) in [5.74, 6) is 0. The minimum atomic E-state index is -4.76. The lowest BCUT2D eigenvalue weighted by Crippen LogP contribution is -2.12. The van der Waals surface area contributed by atoms with Crippen molar-refractivity contribution < 1.29 is 21.6 Å². The van der Waals surface area contributed by atoms with Crippen molar-refractivity contribution in [1.29, 1.82) is 0 Å². The number of hydrogen-bond donors (Lipinski definition) is 0. The van der Waals surface area contributed by atoms with Gasteiger partial charge in [0.15, 0.2) is 0 Å². The van der Waals surface area contributed by atoms with E-state index in [1.807, 2.05) is 13.8 Å². The molecule has 0 fully saturated rings. The van der Waals surface area contributed by atoms with Crippen molar-refractivity contribution in [2.24, 2.45) is 0 Å². The first-order valence-electron chi connectivity index (χ1n) is 9.71. The van der Waals surface area contributed by atoms with E-state index >= 15 is 0 Å². The van der Waals surface area contributed by atoms with Crippen LogP contribution in [0, 0.1) is 0 Å². The molecule has 0 amide bonds. The predicted molar refractivity (Wildman–Crippen MR) is 123 cm³/mol. The van der Waals surface area contributed by atoms with E-state index < -0.39 is 27.5 Å². The Balaban J connectivity index is 2.06. The second-order valence-electron chi connectivity index (χ2n) is 7.40. The van der Waals surface area contributed by atoms with Crippen molar-refractivity contribution in [3.63, 3.8) is 0 Å². The van der Waals surface area contributed by atoms with Gasteiger partial charge in [-0.05, 0) is 35.9 Å². The molecule has 33 heavy (non-hydrogen) atoms. The van der Waals surface area contributed by atoms with E-state index in [-0.39, 0.29) is 26.5 Å². The Labute approximate surface area is 197 Å². The van der Waals surface area contributed by atoms with Crippen LogP contribution in [0.5, 0.6) is 0 Å². The molecule has 0 spiro atoms. The monoisotopic (exact) mass is 511 g/mol. The Bertz CT molecular complexity index is 1440. The third-order valence-electron chi connectivity index (χ3n) is 4.73. The van der Waals surface area contributed by atoms with E-state index in [0.29, 0.717) is 11.6 Å². The summed E-state index contributed by atoms with van der Waals surface area (Å²) in [6.07, 6.45) is -3.01. The second kappa shape index (κ2) is 8.66. The second-order valence-corrected chi connectivity index (χ2v) is 11.2. The Morgan fingerprint density at radius 3 is 2.42 bits per heavy atom. The van der Waals surface area contributed by atoms with Gasteiger partial charge in [-0.3, -0.25) is 0 Å². The molecule has 0 saturated heterocycles. The number of halogens is 4. The van der Waals surface area contributed by atoms with Crippen LogP contribution in [0.4, 0.5) is 13.2 Å². The Kier molecular flexibility index (Phi) is 6.19. The van der Waals surface area contributed by atoms with Gasteiger partial charge < -0.3 is 0 Å². The van der Waals surface area contributed by atoms with Crippen molar-refractivity contribution in [3.8, 4) is 11.3 Å². The fourth-order valence-electron chi connectivity index (χ4n) is 3.39. The number of benzene rings is 2. The summed E-state index contributed by atoms with van der Waals surface area (Å²) in [6.45, 7) is 3.97. The number of alkyl halides is 3. The first-order valence-corrected chi connectivity index (χ1v) is 12.4. The van der Waals surface area contributed by atoms with Gasteiger partial charge in [0.1, 0.15) is 5.56 Å². The molecule has 4 aromatic rings. The molecular formula is C22H17ClF3N3O2S2. The van der Waals surface area contributed by atoms with Gasteiger partial charge in [0.05, 0.1) is 16.1 Å². The van der Waals surface area contributed by atoms with Gasteiger partial charge in [0, 0.05) is 33.5 Å². The molecule has 0 atom stereocenters. The van der Waals surface area contributed by atoms with Gasteiger partial charge in [-0.15, -0.1) is 11.8 Å². The van der Waals surface area contributed by atoms with Crippen LogP contribution in [0.25, 0.3) is 22.2 Å². The molecule has 0 bridgehead atoms. The summed E-state index contributed by atoms with van der Waals surface area (Å²) in [5, 5.41) is 0.133. The minimum absolute atomic E-state index is 0.00660. The van der Waals surface area contributed by atoms with E-state index in [9.17, 15) is 21.6 Å². The molecule has 2 aromatic heterocycles. The van der Waals surface area contributed by atoms with Crippen LogP contribution in [0.3, 0.4) is 0 Å². The van der Waals surface area contributed by atoms with Gasteiger partial charge in [0.25, 0.3) is 10.0 Å². The molecule has 0 radical (unpaired) electrons. The fourth-order valence-corrected chi connectivity index (χ4v) is 5.78. The molecule has 5 nitrogen and oxygen atoms in total. The lowest BCUT2D eigenvalue weighted by molar-refractivity contribution is -0.137. The minimum Gasteiger partial charge on any atom is -0.240 e. The predicted octanol–water partition coefficient (Wildman–Crippen LogP) is 6.51. The lowest BCUT2D eigenvalue weighted by atomic mass is 10.1. The molecule has 4 rings (SSSR count). The zero-order valence-corrected chi connectivity index (χ0v) is 19.7. The normalized spacial score (nSPS) is 12.6. The molecular weight excluding hydrogens is 495 g/mol. The number of nitrogens with zero attached hydrogens (tertiary/aromatic N) is 3. The summed E-state index contributed by atoms with van der Waals surface area (Å²) in [5.41, 5.74) is -1.37. The highest BCUT2D eigenvalue weighted by molar-refractivity contribution is 7.99. The maximum atomic E-state index is 13.7. The Morgan fingerprint density at radius 2 is 1.79 bits per heavy atom. The van der Waals surface area contributed by atoms with E-state index in [1.54, 1.807) is 36.4 Å². The average molecular weight is 512 g/mol. The molecule has 0 aliphatic carbocycles. The van der Waals surface area contributed by atoms with Crippen LogP contribution in [-0.4, -0.2) is 27.6 Å². The third kappa shape index (κ3) is 4.60. The van der Waals surface area contributed by atoms with Crippen LogP contribution in [0.2, 0.25) is 5.28 Å². The Morgan fingerprint density at radius 1 is 1.09 bits per heavy atom. The highest BCUT2D eigenvalue weighted by atomic mass is 35.5. The first-order chi connectivity index (χ1) is 15.5. The molecule has 2 aromatic carbocycles. The van der Waals surface area contributed by atoms with Crippen molar-refractivity contribution in [1.82, 2.24) is 13.9 Å². The summed E-state index contributed by atoms with van der Waals surface area (Å²) in [4.78, 5) is 8.08. The van der Waals surface area contributed by atoms with Crippen molar-refractivity contribution in [2.45, 2.75) is 35.1 Å². The molecule has 2 heterocycles. The van der Waals surface area contributed by atoms with E-state index in [1.165, 1.54) is 23.9 Å². The summed E-state index contributed by atoms with van der Waals surface area (Å²) >= 11 is 7.33. The average Bonchev–Trinajstić information content (AvgIpc) is 3.12. The van der Waals surface area contributed by atoms with Crippen LogP contribution in [0.15, 0.2) is 70.7 Å². The molecule has 0 aliphatic heterocycles. The molecule has 11 heteroatoms. The molecule has 172 valence electrons. The van der Waals surface area contributed by atoms with Crippen LogP contribution >= 0.6 is 23.4 Å². The number of hydrogen-bond acceptors (Lipinski definition) is 5. The van der Waals surface area contributed by atoms with E-state index in [4.69, 9.17) is 11.6 Å². The van der Waals surface area contributed by atoms with Crippen LogP contribution in [0.1, 0.15) is 19.4 Å². The third-order valence-corrected chi connectivity index (χ3v) is 7.60. The number of thioether (sulfide) groups is 1. The van der Waals surface area contributed by atoms with Crippen LogP contribution in [-0.2, 0) is 16.2 Å². The topological polar surface area (TPSA) is 64.8 Å². The van der Waals surface area contributed by atoms with Crippen molar-refractivity contribution >= 4 is 44.3 Å². The largest absolute Gasteiger partial charge is 0.419 e. The molecule has 0 unspecified atom stereocenters. The fraction of sp³-hybridized carbons (Fsp3) is 0.182. The van der Waals surface area contributed by atoms with E-state index in [2.05, 4.69) is 9.97 Å². The smallest absolute Gasteiger partial charge is 0.240 e. The highest BCUT2D eigenvalue weighted by Crippen LogP contribution is 2.41. The van der Waals surface area contributed by atoms with Crippen molar-refractivity contribution in [2.75, 3.05) is 0 Å². The summed E-state index contributed by atoms with van der Waals surface area (Å²) in [6, 6.07) is 12.7. The van der Waals surface area contributed by atoms with Gasteiger partial charge in [0.2, 0.25) is 5.28 Å². The zero-order valence-electron chi connectivity index (χ0n) is 17.3. The number of rotatable bonds is 5.